The summed E-state index contributed by atoms with van der Waals surface area (Å²) in [5, 5.41) is 0. The molecule has 0 aromatic heterocycles. The Morgan fingerprint density at radius 3 is 1.88 bits per heavy atom. The molecule has 33 heavy (non-hydrogen) atoms. The number of halogens is 2. The first-order chi connectivity index (χ1) is 15.9. The van der Waals surface area contributed by atoms with Crippen molar-refractivity contribution in [3.8, 4) is 0 Å². The summed E-state index contributed by atoms with van der Waals surface area (Å²) in [6.07, 6.45) is 1.61. The predicted molar refractivity (Wildman–Crippen MR) is 129 cm³/mol. The van der Waals surface area contributed by atoms with E-state index >= 15 is 0 Å². The normalized spacial score (nSPS) is 14.8. The highest BCUT2D eigenvalue weighted by Gasteiger charge is 2.30. The third-order valence-corrected chi connectivity index (χ3v) is 6.20. The second-order valence-electron chi connectivity index (χ2n) is 8.73. The Bertz CT molecular complexity index is 1060. The summed E-state index contributed by atoms with van der Waals surface area (Å²) in [5.41, 5.74) is 3.51. The first kappa shape index (κ1) is 22.9. The molecule has 6 heteroatoms. The third kappa shape index (κ3) is 5.57. The summed E-state index contributed by atoms with van der Waals surface area (Å²) < 4.78 is 26.9. The molecule has 1 saturated heterocycles. The van der Waals surface area contributed by atoms with Gasteiger partial charge in [0.05, 0.1) is 0 Å². The zero-order valence-corrected chi connectivity index (χ0v) is 19.0. The van der Waals surface area contributed by atoms with Crippen molar-refractivity contribution in [2.75, 3.05) is 37.0 Å². The second-order valence-corrected chi connectivity index (χ2v) is 8.73. The van der Waals surface area contributed by atoms with Gasteiger partial charge in [0.1, 0.15) is 11.6 Å². The quantitative estimate of drug-likeness (QED) is 0.508. The van der Waals surface area contributed by atoms with Crippen LogP contribution in [0.1, 0.15) is 28.8 Å². The SMILES string of the molecule is CN(C)c1ccc(CN2CCC(N(C(=O)c3ccc(F)cc3)c3ccc(F)cc3)CC2)cc1. The maximum absolute atomic E-state index is 13.5. The molecule has 3 aromatic carbocycles. The molecule has 1 aliphatic heterocycles. The standard InChI is InChI=1S/C27H29F2N3O/c1-30(2)24-11-3-20(4-12-24)19-31-17-15-26(16-18-31)32(25-13-9-23(29)10-14-25)27(33)21-5-7-22(28)8-6-21/h3-14,26H,15-19H2,1-2H3. The Morgan fingerprint density at radius 1 is 0.818 bits per heavy atom. The van der Waals surface area contributed by atoms with Crippen molar-refractivity contribution in [1.82, 2.24) is 4.90 Å². The van der Waals surface area contributed by atoms with Gasteiger partial charge < -0.3 is 9.80 Å². The first-order valence-corrected chi connectivity index (χ1v) is 11.2. The molecular formula is C27H29F2N3O. The number of hydrogen-bond donors (Lipinski definition) is 0. The van der Waals surface area contributed by atoms with Gasteiger partial charge in [0.2, 0.25) is 0 Å². The van der Waals surface area contributed by atoms with Crippen molar-refractivity contribution < 1.29 is 13.6 Å². The monoisotopic (exact) mass is 449 g/mol. The van der Waals surface area contributed by atoms with E-state index < -0.39 is 0 Å². The molecule has 1 heterocycles. The molecule has 0 aliphatic carbocycles. The summed E-state index contributed by atoms with van der Waals surface area (Å²) in [6, 6.07) is 20.1. The maximum Gasteiger partial charge on any atom is 0.258 e. The van der Waals surface area contributed by atoms with Crippen molar-refractivity contribution in [3.05, 3.63) is 95.6 Å². The number of piperidine rings is 1. The Balaban J connectivity index is 1.47. The van der Waals surface area contributed by atoms with Crippen molar-refractivity contribution >= 4 is 17.3 Å². The van der Waals surface area contributed by atoms with E-state index in [2.05, 4.69) is 34.1 Å². The number of anilines is 2. The Hall–Kier alpha value is -3.25. The minimum Gasteiger partial charge on any atom is -0.378 e. The number of carbonyl (C=O) groups excluding carboxylic acids is 1. The molecule has 0 N–H and O–H groups in total. The van der Waals surface area contributed by atoms with E-state index in [1.165, 1.54) is 47.6 Å². The Labute approximate surface area is 194 Å². The second kappa shape index (κ2) is 10.1. The molecule has 4 rings (SSSR count). The van der Waals surface area contributed by atoms with Crippen LogP contribution in [0, 0.1) is 11.6 Å². The number of rotatable bonds is 6. The lowest BCUT2D eigenvalue weighted by molar-refractivity contribution is 0.0958. The van der Waals surface area contributed by atoms with Gasteiger partial charge in [-0.2, -0.15) is 0 Å². The van der Waals surface area contributed by atoms with Crippen molar-refractivity contribution in [2.24, 2.45) is 0 Å². The number of benzene rings is 3. The summed E-state index contributed by atoms with van der Waals surface area (Å²) in [6.45, 7) is 2.58. The fraction of sp³-hybridized carbons (Fsp3) is 0.296. The number of nitrogens with zero attached hydrogens (tertiary/aromatic N) is 3. The molecular weight excluding hydrogens is 420 g/mol. The van der Waals surface area contributed by atoms with Gasteiger partial charge in [-0.05, 0) is 79.1 Å². The summed E-state index contributed by atoms with van der Waals surface area (Å²) >= 11 is 0. The highest BCUT2D eigenvalue weighted by atomic mass is 19.1. The number of carbonyl (C=O) groups is 1. The largest absolute Gasteiger partial charge is 0.378 e. The van der Waals surface area contributed by atoms with Crippen LogP contribution in [0.15, 0.2) is 72.8 Å². The highest BCUT2D eigenvalue weighted by Crippen LogP contribution is 2.27. The number of hydrogen-bond acceptors (Lipinski definition) is 3. The molecule has 4 nitrogen and oxygen atoms in total. The molecule has 0 saturated carbocycles. The highest BCUT2D eigenvalue weighted by molar-refractivity contribution is 6.06. The van der Waals surface area contributed by atoms with Gasteiger partial charge >= 0.3 is 0 Å². The lowest BCUT2D eigenvalue weighted by Crippen LogP contribution is -2.47. The van der Waals surface area contributed by atoms with Gasteiger partial charge in [-0.3, -0.25) is 9.69 Å². The van der Waals surface area contributed by atoms with Crippen LogP contribution in [0.3, 0.4) is 0 Å². The van der Waals surface area contributed by atoms with E-state index in [0.29, 0.717) is 11.3 Å². The lowest BCUT2D eigenvalue weighted by atomic mass is 10.00. The molecule has 1 amide bonds. The van der Waals surface area contributed by atoms with E-state index in [4.69, 9.17) is 0 Å². The van der Waals surface area contributed by atoms with Gasteiger partial charge in [-0.1, -0.05) is 12.1 Å². The van der Waals surface area contributed by atoms with E-state index in [0.717, 1.165) is 32.5 Å². The molecule has 0 radical (unpaired) electrons. The lowest BCUT2D eigenvalue weighted by Gasteiger charge is -2.38. The first-order valence-electron chi connectivity index (χ1n) is 11.2. The van der Waals surface area contributed by atoms with E-state index in [-0.39, 0.29) is 23.6 Å². The molecule has 0 bridgehead atoms. The number of amides is 1. The van der Waals surface area contributed by atoms with Crippen LogP contribution in [-0.4, -0.2) is 44.0 Å². The van der Waals surface area contributed by atoms with Crippen molar-refractivity contribution in [1.29, 1.82) is 0 Å². The fourth-order valence-corrected chi connectivity index (χ4v) is 4.32. The zero-order valence-electron chi connectivity index (χ0n) is 19.0. The van der Waals surface area contributed by atoms with Crippen LogP contribution in [0.25, 0.3) is 0 Å². The van der Waals surface area contributed by atoms with E-state index in [9.17, 15) is 13.6 Å². The average molecular weight is 450 g/mol. The van der Waals surface area contributed by atoms with E-state index in [1.54, 1.807) is 17.0 Å². The average Bonchev–Trinajstić information content (AvgIpc) is 2.82. The minimum absolute atomic E-state index is 0.0135. The summed E-state index contributed by atoms with van der Waals surface area (Å²) in [4.78, 5) is 19.6. The summed E-state index contributed by atoms with van der Waals surface area (Å²) in [7, 11) is 4.06. The van der Waals surface area contributed by atoms with Crippen molar-refractivity contribution in [2.45, 2.75) is 25.4 Å². The smallest absolute Gasteiger partial charge is 0.258 e. The Kier molecular flexibility index (Phi) is 7.04. The predicted octanol–water partition coefficient (Wildman–Crippen LogP) is 5.34. The van der Waals surface area contributed by atoms with Crippen LogP contribution in [0.2, 0.25) is 0 Å². The number of likely N-dealkylation sites (tertiary alicyclic amines) is 1. The van der Waals surface area contributed by atoms with Crippen LogP contribution in [-0.2, 0) is 6.54 Å². The van der Waals surface area contributed by atoms with Crippen LogP contribution in [0.5, 0.6) is 0 Å². The summed E-state index contributed by atoms with van der Waals surface area (Å²) in [5.74, 6) is -0.922. The maximum atomic E-state index is 13.5. The van der Waals surface area contributed by atoms with Gasteiger partial charge in [0.25, 0.3) is 5.91 Å². The molecule has 0 unspecified atom stereocenters. The Morgan fingerprint density at radius 2 is 1.33 bits per heavy atom. The third-order valence-electron chi connectivity index (χ3n) is 6.20. The van der Waals surface area contributed by atoms with Gasteiger partial charge in [0.15, 0.2) is 0 Å². The zero-order chi connectivity index (χ0) is 23.4. The molecule has 0 atom stereocenters. The molecule has 172 valence electrons. The van der Waals surface area contributed by atoms with Gasteiger partial charge in [-0.15, -0.1) is 0 Å². The van der Waals surface area contributed by atoms with Crippen LogP contribution >= 0.6 is 0 Å². The molecule has 1 fully saturated rings. The van der Waals surface area contributed by atoms with Crippen LogP contribution < -0.4 is 9.80 Å². The molecule has 1 aliphatic rings. The van der Waals surface area contributed by atoms with Crippen molar-refractivity contribution in [3.63, 3.8) is 0 Å². The minimum atomic E-state index is -0.383. The molecule has 0 spiro atoms. The van der Waals surface area contributed by atoms with E-state index in [1.807, 2.05) is 14.1 Å². The van der Waals surface area contributed by atoms with Crippen LogP contribution in [0.4, 0.5) is 20.2 Å². The molecule has 3 aromatic rings. The topological polar surface area (TPSA) is 26.8 Å². The van der Waals surface area contributed by atoms with Gasteiger partial charge in [0, 0.05) is 56.7 Å². The van der Waals surface area contributed by atoms with Gasteiger partial charge in [-0.25, -0.2) is 8.78 Å². The fourth-order valence-electron chi connectivity index (χ4n) is 4.32.